The summed E-state index contributed by atoms with van der Waals surface area (Å²) in [6.07, 6.45) is -2.16. The lowest BCUT2D eigenvalue weighted by Gasteiger charge is -2.33. The van der Waals surface area contributed by atoms with E-state index in [1.54, 1.807) is 12.3 Å². The molecule has 3 nitrogen and oxygen atoms in total. The first-order valence-electron chi connectivity index (χ1n) is 5.58. The average Bonchev–Trinajstić information content (AvgIpc) is 2.74. The molecule has 1 atom stereocenters. The first-order chi connectivity index (χ1) is 8.38. The molecule has 7 heteroatoms. The molecule has 2 heterocycles. The number of alkyl halides is 3. The number of hydrogen-bond donors (Lipinski definition) is 1. The third-order valence-corrected chi connectivity index (χ3v) is 3.51. The van der Waals surface area contributed by atoms with E-state index in [-0.39, 0.29) is 18.9 Å². The monoisotopic (exact) mass is 324 g/mol. The molecule has 1 saturated heterocycles. The fourth-order valence-corrected chi connectivity index (χ4v) is 2.43. The second kappa shape index (κ2) is 4.95. The average molecular weight is 325 g/mol. The topological polar surface area (TPSA) is 36.1 Å². The Labute approximate surface area is 110 Å². The van der Waals surface area contributed by atoms with Crippen LogP contribution in [0.4, 0.5) is 13.2 Å². The van der Waals surface area contributed by atoms with Gasteiger partial charge in [-0.05, 0) is 34.8 Å². The van der Waals surface area contributed by atoms with Gasteiger partial charge in [-0.15, -0.1) is 0 Å². The van der Waals surface area contributed by atoms with Gasteiger partial charge in [-0.25, -0.2) is 0 Å². The van der Waals surface area contributed by atoms with E-state index in [4.69, 9.17) is 0 Å². The second-order valence-corrected chi connectivity index (χ2v) is 5.28. The van der Waals surface area contributed by atoms with Gasteiger partial charge in [-0.2, -0.15) is 13.2 Å². The number of hydrogen-bond acceptors (Lipinski definition) is 1. The van der Waals surface area contributed by atoms with Crippen LogP contribution in [-0.2, 0) is 0 Å². The number of aromatic amines is 1. The Morgan fingerprint density at radius 3 is 2.78 bits per heavy atom. The predicted octanol–water partition coefficient (Wildman–Crippen LogP) is 3.19. The van der Waals surface area contributed by atoms with Crippen molar-refractivity contribution in [2.24, 2.45) is 5.92 Å². The lowest BCUT2D eigenvalue weighted by atomic mass is 9.97. The number of nitrogens with zero attached hydrogens (tertiary/aromatic N) is 1. The molecule has 0 saturated carbocycles. The quantitative estimate of drug-likeness (QED) is 0.846. The van der Waals surface area contributed by atoms with Crippen LogP contribution in [0.2, 0.25) is 0 Å². The van der Waals surface area contributed by atoms with Crippen molar-refractivity contribution < 1.29 is 18.0 Å². The molecular weight excluding hydrogens is 313 g/mol. The molecule has 0 radical (unpaired) electrons. The first-order valence-corrected chi connectivity index (χ1v) is 6.37. The number of likely N-dealkylation sites (tertiary alicyclic amines) is 1. The Morgan fingerprint density at radius 2 is 2.22 bits per heavy atom. The van der Waals surface area contributed by atoms with Crippen LogP contribution in [-0.4, -0.2) is 35.1 Å². The number of nitrogens with one attached hydrogen (secondary N) is 1. The molecule has 1 N–H and O–H groups in total. The van der Waals surface area contributed by atoms with Crippen LogP contribution >= 0.6 is 15.9 Å². The Hall–Kier alpha value is -0.980. The largest absolute Gasteiger partial charge is 0.393 e. The molecule has 1 fully saturated rings. The molecule has 1 aliphatic heterocycles. The summed E-state index contributed by atoms with van der Waals surface area (Å²) >= 11 is 3.19. The Bertz CT molecular complexity index is 444. The van der Waals surface area contributed by atoms with Crippen LogP contribution in [0.15, 0.2) is 16.7 Å². The summed E-state index contributed by atoms with van der Waals surface area (Å²) in [6, 6.07) is 1.57. The van der Waals surface area contributed by atoms with Crippen molar-refractivity contribution in [1.29, 1.82) is 0 Å². The van der Waals surface area contributed by atoms with E-state index in [1.807, 2.05) is 0 Å². The van der Waals surface area contributed by atoms with Crippen LogP contribution in [0.5, 0.6) is 0 Å². The minimum Gasteiger partial charge on any atom is -0.356 e. The van der Waals surface area contributed by atoms with Crippen LogP contribution in [0.25, 0.3) is 0 Å². The molecule has 0 spiro atoms. The lowest BCUT2D eigenvalue weighted by molar-refractivity contribution is -0.184. The van der Waals surface area contributed by atoms with E-state index in [2.05, 4.69) is 20.9 Å². The van der Waals surface area contributed by atoms with E-state index in [9.17, 15) is 18.0 Å². The number of piperidine rings is 1. The lowest BCUT2D eigenvalue weighted by Crippen LogP contribution is -2.44. The van der Waals surface area contributed by atoms with E-state index >= 15 is 0 Å². The molecule has 1 unspecified atom stereocenters. The van der Waals surface area contributed by atoms with Gasteiger partial charge < -0.3 is 9.88 Å². The first kappa shape index (κ1) is 13.5. The molecule has 1 aromatic rings. The van der Waals surface area contributed by atoms with Gasteiger partial charge in [0.2, 0.25) is 0 Å². The molecule has 1 aromatic heterocycles. The van der Waals surface area contributed by atoms with Crippen LogP contribution in [0, 0.1) is 5.92 Å². The van der Waals surface area contributed by atoms with E-state index in [0.717, 1.165) is 0 Å². The summed E-state index contributed by atoms with van der Waals surface area (Å²) in [6.45, 7) is 0.126. The molecule has 0 aromatic carbocycles. The Kier molecular flexibility index (Phi) is 3.70. The number of amides is 1. The highest BCUT2D eigenvalue weighted by Crippen LogP contribution is 2.33. The standard InChI is InChI=1S/C11H12BrF3N2O/c12-8-4-9(16-5-8)10(18)17-3-1-2-7(6-17)11(13,14)15/h4-5,7,16H,1-3,6H2. The predicted molar refractivity (Wildman–Crippen MR) is 63.2 cm³/mol. The van der Waals surface area contributed by atoms with Gasteiger partial charge in [0, 0.05) is 23.8 Å². The number of rotatable bonds is 1. The van der Waals surface area contributed by atoms with Gasteiger partial charge in [0.1, 0.15) is 5.69 Å². The van der Waals surface area contributed by atoms with Gasteiger partial charge in [-0.3, -0.25) is 4.79 Å². The zero-order chi connectivity index (χ0) is 13.3. The number of H-pyrrole nitrogens is 1. The number of halogens is 4. The van der Waals surface area contributed by atoms with Crippen LogP contribution in [0.3, 0.4) is 0 Å². The van der Waals surface area contributed by atoms with Gasteiger partial charge in [0.15, 0.2) is 0 Å². The highest BCUT2D eigenvalue weighted by atomic mass is 79.9. The highest BCUT2D eigenvalue weighted by molar-refractivity contribution is 9.10. The fraction of sp³-hybridized carbons (Fsp3) is 0.545. The summed E-state index contributed by atoms with van der Waals surface area (Å²) in [5.74, 6) is -1.79. The maximum atomic E-state index is 12.6. The smallest absolute Gasteiger partial charge is 0.356 e. The highest BCUT2D eigenvalue weighted by Gasteiger charge is 2.42. The van der Waals surface area contributed by atoms with Crippen LogP contribution < -0.4 is 0 Å². The second-order valence-electron chi connectivity index (χ2n) is 4.36. The summed E-state index contributed by atoms with van der Waals surface area (Å²) in [5.41, 5.74) is 0.310. The normalized spacial score (nSPS) is 21.1. The zero-order valence-electron chi connectivity index (χ0n) is 9.43. The molecule has 2 rings (SSSR count). The third-order valence-electron chi connectivity index (χ3n) is 3.05. The fourth-order valence-electron chi connectivity index (χ4n) is 2.09. The van der Waals surface area contributed by atoms with Crippen molar-refractivity contribution >= 4 is 21.8 Å². The van der Waals surface area contributed by atoms with E-state index in [0.29, 0.717) is 23.1 Å². The Balaban J connectivity index is 2.07. The summed E-state index contributed by atoms with van der Waals surface area (Å²) in [4.78, 5) is 16.0. The molecule has 0 bridgehead atoms. The van der Waals surface area contributed by atoms with Crippen molar-refractivity contribution in [3.05, 3.63) is 22.4 Å². The zero-order valence-corrected chi connectivity index (χ0v) is 11.0. The number of carbonyl (C=O) groups excluding carboxylic acids is 1. The van der Waals surface area contributed by atoms with Gasteiger partial charge >= 0.3 is 6.18 Å². The SMILES string of the molecule is O=C(c1cc(Br)c[nH]1)N1CCCC(C(F)(F)F)C1. The van der Waals surface area contributed by atoms with Crippen LogP contribution in [0.1, 0.15) is 23.3 Å². The minimum absolute atomic E-state index is 0.0989. The summed E-state index contributed by atoms with van der Waals surface area (Å²) < 4.78 is 38.6. The van der Waals surface area contributed by atoms with Crippen molar-refractivity contribution in [1.82, 2.24) is 9.88 Å². The molecule has 1 aliphatic rings. The number of aromatic nitrogens is 1. The van der Waals surface area contributed by atoms with Gasteiger partial charge in [0.25, 0.3) is 5.91 Å². The van der Waals surface area contributed by atoms with Gasteiger partial charge in [0.05, 0.1) is 5.92 Å². The summed E-state index contributed by atoms with van der Waals surface area (Å²) in [7, 11) is 0. The Morgan fingerprint density at radius 1 is 1.50 bits per heavy atom. The molecule has 100 valence electrons. The van der Waals surface area contributed by atoms with E-state index in [1.165, 1.54) is 4.90 Å². The summed E-state index contributed by atoms with van der Waals surface area (Å²) in [5, 5.41) is 0. The van der Waals surface area contributed by atoms with Crippen molar-refractivity contribution in [3.63, 3.8) is 0 Å². The van der Waals surface area contributed by atoms with E-state index < -0.39 is 12.1 Å². The molecule has 1 amide bonds. The maximum Gasteiger partial charge on any atom is 0.393 e. The molecule has 18 heavy (non-hydrogen) atoms. The van der Waals surface area contributed by atoms with Crippen molar-refractivity contribution in [2.45, 2.75) is 19.0 Å². The maximum absolute atomic E-state index is 12.6. The van der Waals surface area contributed by atoms with Crippen molar-refractivity contribution in [3.8, 4) is 0 Å². The van der Waals surface area contributed by atoms with Crippen molar-refractivity contribution in [2.75, 3.05) is 13.1 Å². The third kappa shape index (κ3) is 2.88. The molecular formula is C11H12BrF3N2O. The minimum atomic E-state index is -4.23. The van der Waals surface area contributed by atoms with Gasteiger partial charge in [-0.1, -0.05) is 0 Å². The number of carbonyl (C=O) groups is 1. The molecule has 0 aliphatic carbocycles.